The third-order valence-electron chi connectivity index (χ3n) is 4.33. The Bertz CT molecular complexity index is 999. The standard InChI is InChI=1S/C24H28N4O2S/c1-6-9-10-17(7-2)18-13-20(21-15-19(30-5)11-12-27-21)23(22(14-18)25-4)31-16-28-24(29)26-8-3/h6-7,9-15H,1,4,8,16H2,2-3,5H3,(H2,26,28,29)/b10-9-,17-7+. The summed E-state index contributed by atoms with van der Waals surface area (Å²) in [6.07, 6.45) is 9.34. The zero-order valence-corrected chi connectivity index (χ0v) is 19.0. The monoisotopic (exact) mass is 436 g/mol. The number of aliphatic imine (C=N–C) groups is 1. The van der Waals surface area contributed by atoms with Crippen LogP contribution in [0, 0.1) is 0 Å². The number of urea groups is 1. The van der Waals surface area contributed by atoms with Crippen molar-refractivity contribution in [3.8, 4) is 17.0 Å². The van der Waals surface area contributed by atoms with Gasteiger partial charge in [0.1, 0.15) is 5.75 Å². The zero-order valence-electron chi connectivity index (χ0n) is 18.1. The van der Waals surface area contributed by atoms with Crippen molar-refractivity contribution in [1.82, 2.24) is 15.6 Å². The summed E-state index contributed by atoms with van der Waals surface area (Å²) in [5, 5.41) is 5.55. The number of hydrogen-bond donors (Lipinski definition) is 2. The average Bonchev–Trinajstić information content (AvgIpc) is 2.80. The van der Waals surface area contributed by atoms with Crippen LogP contribution in [0.25, 0.3) is 16.8 Å². The van der Waals surface area contributed by atoms with Gasteiger partial charge in [0.15, 0.2) is 0 Å². The molecule has 0 fully saturated rings. The largest absolute Gasteiger partial charge is 0.497 e. The first-order valence-electron chi connectivity index (χ1n) is 9.83. The van der Waals surface area contributed by atoms with E-state index in [1.807, 2.05) is 44.2 Å². The second kappa shape index (κ2) is 12.4. The molecule has 0 unspecified atom stereocenters. The van der Waals surface area contributed by atoms with E-state index >= 15 is 0 Å². The van der Waals surface area contributed by atoms with Crippen LogP contribution in [0.15, 0.2) is 71.2 Å². The van der Waals surface area contributed by atoms with Gasteiger partial charge in [0, 0.05) is 29.3 Å². The predicted molar refractivity (Wildman–Crippen MR) is 131 cm³/mol. The van der Waals surface area contributed by atoms with E-state index in [1.54, 1.807) is 25.4 Å². The van der Waals surface area contributed by atoms with E-state index in [0.717, 1.165) is 27.3 Å². The lowest BCUT2D eigenvalue weighted by Gasteiger charge is -2.16. The van der Waals surface area contributed by atoms with Gasteiger partial charge in [-0.25, -0.2) is 4.79 Å². The third-order valence-corrected chi connectivity index (χ3v) is 5.33. The number of aromatic nitrogens is 1. The molecule has 1 aromatic heterocycles. The number of pyridine rings is 1. The van der Waals surface area contributed by atoms with E-state index in [1.165, 1.54) is 11.8 Å². The Kier molecular flexibility index (Phi) is 9.58. The minimum Gasteiger partial charge on any atom is -0.497 e. The Balaban J connectivity index is 2.58. The number of carbonyl (C=O) groups excluding carboxylic acids is 1. The maximum Gasteiger partial charge on any atom is 0.315 e. The Morgan fingerprint density at radius 1 is 1.32 bits per heavy atom. The molecule has 2 aromatic rings. The fourth-order valence-electron chi connectivity index (χ4n) is 2.85. The zero-order chi connectivity index (χ0) is 22.6. The minimum atomic E-state index is -0.216. The molecule has 0 spiro atoms. The molecule has 2 N–H and O–H groups in total. The van der Waals surface area contributed by atoms with Crippen LogP contribution in [0.4, 0.5) is 10.5 Å². The molecule has 2 rings (SSSR count). The van der Waals surface area contributed by atoms with E-state index < -0.39 is 0 Å². The van der Waals surface area contributed by atoms with Crippen molar-refractivity contribution < 1.29 is 9.53 Å². The van der Waals surface area contributed by atoms with Gasteiger partial charge < -0.3 is 15.4 Å². The minimum absolute atomic E-state index is 0.216. The van der Waals surface area contributed by atoms with Gasteiger partial charge in [-0.3, -0.25) is 9.98 Å². The number of hydrogen-bond acceptors (Lipinski definition) is 5. The van der Waals surface area contributed by atoms with Crippen molar-refractivity contribution in [2.75, 3.05) is 19.5 Å². The maximum atomic E-state index is 11.8. The predicted octanol–water partition coefficient (Wildman–Crippen LogP) is 5.60. The summed E-state index contributed by atoms with van der Waals surface area (Å²) in [5.74, 6) is 1.08. The van der Waals surface area contributed by atoms with Crippen LogP contribution in [-0.2, 0) is 0 Å². The summed E-state index contributed by atoms with van der Waals surface area (Å²) in [7, 11) is 1.62. The fraction of sp³-hybridized carbons (Fsp3) is 0.208. The molecule has 2 amide bonds. The Morgan fingerprint density at radius 2 is 2.13 bits per heavy atom. The fourth-order valence-corrected chi connectivity index (χ4v) is 3.79. The molecule has 0 saturated heterocycles. The summed E-state index contributed by atoms with van der Waals surface area (Å²) < 4.78 is 5.38. The molecule has 0 aliphatic heterocycles. The lowest BCUT2D eigenvalue weighted by molar-refractivity contribution is 0.243. The van der Waals surface area contributed by atoms with E-state index in [0.29, 0.717) is 23.9 Å². The second-order valence-corrected chi connectivity index (χ2v) is 7.26. The summed E-state index contributed by atoms with van der Waals surface area (Å²) in [4.78, 5) is 21.5. The third kappa shape index (κ3) is 6.58. The van der Waals surface area contributed by atoms with Gasteiger partial charge in [0.05, 0.1) is 24.4 Å². The summed E-state index contributed by atoms with van der Waals surface area (Å²) in [5.41, 5.74) is 4.34. The second-order valence-electron chi connectivity index (χ2n) is 6.27. The highest BCUT2D eigenvalue weighted by molar-refractivity contribution is 7.99. The van der Waals surface area contributed by atoms with Crippen LogP contribution in [0.3, 0.4) is 0 Å². The van der Waals surface area contributed by atoms with Gasteiger partial charge in [0.2, 0.25) is 0 Å². The lowest BCUT2D eigenvalue weighted by atomic mass is 9.99. The average molecular weight is 437 g/mol. The maximum absolute atomic E-state index is 11.8. The van der Waals surface area contributed by atoms with Crippen LogP contribution >= 0.6 is 11.8 Å². The van der Waals surface area contributed by atoms with Crippen molar-refractivity contribution >= 4 is 35.8 Å². The number of amides is 2. The Morgan fingerprint density at radius 3 is 2.77 bits per heavy atom. The summed E-state index contributed by atoms with van der Waals surface area (Å²) >= 11 is 1.47. The van der Waals surface area contributed by atoms with Crippen molar-refractivity contribution in [3.05, 3.63) is 66.9 Å². The highest BCUT2D eigenvalue weighted by Gasteiger charge is 2.16. The van der Waals surface area contributed by atoms with Crippen molar-refractivity contribution in [2.24, 2.45) is 4.99 Å². The molecule has 0 atom stereocenters. The van der Waals surface area contributed by atoms with E-state index in [4.69, 9.17) is 4.74 Å². The molecule has 162 valence electrons. The normalized spacial score (nSPS) is 11.3. The molecule has 0 bridgehead atoms. The summed E-state index contributed by atoms with van der Waals surface area (Å²) in [6.45, 7) is 11.9. The van der Waals surface area contributed by atoms with E-state index in [2.05, 4.69) is 40.0 Å². The van der Waals surface area contributed by atoms with Crippen molar-refractivity contribution in [3.63, 3.8) is 0 Å². The number of thioether (sulfide) groups is 1. The molecule has 1 heterocycles. The first-order chi connectivity index (χ1) is 15.1. The number of allylic oxidation sites excluding steroid dienone is 5. The number of benzene rings is 1. The molecule has 6 nitrogen and oxygen atoms in total. The van der Waals surface area contributed by atoms with Crippen LogP contribution < -0.4 is 15.4 Å². The molecular formula is C24H28N4O2S. The topological polar surface area (TPSA) is 75.6 Å². The van der Waals surface area contributed by atoms with Crippen LogP contribution in [-0.4, -0.2) is 37.3 Å². The SMILES string of the molecule is C=C/C=C\C(=C/C)c1cc(N=C)c(SCNC(=O)NCC)c(-c2cc(OC)ccn2)c1. The number of carbonyl (C=O) groups is 1. The highest BCUT2D eigenvalue weighted by Crippen LogP contribution is 2.41. The lowest BCUT2D eigenvalue weighted by Crippen LogP contribution is -2.34. The molecule has 0 saturated carbocycles. The van der Waals surface area contributed by atoms with Crippen molar-refractivity contribution in [1.29, 1.82) is 0 Å². The van der Waals surface area contributed by atoms with Gasteiger partial charge in [-0.05, 0) is 49.9 Å². The van der Waals surface area contributed by atoms with Gasteiger partial charge in [-0.2, -0.15) is 0 Å². The molecule has 0 radical (unpaired) electrons. The molecular weight excluding hydrogens is 408 g/mol. The number of methoxy groups -OCH3 is 1. The Labute approximate surface area is 188 Å². The molecule has 7 heteroatoms. The molecule has 0 aliphatic carbocycles. The van der Waals surface area contributed by atoms with Crippen LogP contribution in [0.1, 0.15) is 19.4 Å². The molecule has 0 aliphatic rings. The van der Waals surface area contributed by atoms with Gasteiger partial charge in [-0.1, -0.05) is 30.9 Å². The number of nitrogens with one attached hydrogen (secondary N) is 2. The van der Waals surface area contributed by atoms with Crippen LogP contribution in [0.2, 0.25) is 0 Å². The van der Waals surface area contributed by atoms with E-state index in [-0.39, 0.29) is 6.03 Å². The summed E-state index contributed by atoms with van der Waals surface area (Å²) in [6, 6.07) is 7.50. The number of rotatable bonds is 10. The first kappa shape index (κ1) is 24.0. The number of nitrogens with zero attached hydrogens (tertiary/aromatic N) is 2. The van der Waals surface area contributed by atoms with Gasteiger partial charge in [0.25, 0.3) is 0 Å². The van der Waals surface area contributed by atoms with Gasteiger partial charge in [-0.15, -0.1) is 11.8 Å². The number of ether oxygens (including phenoxy) is 1. The van der Waals surface area contributed by atoms with Gasteiger partial charge >= 0.3 is 6.03 Å². The first-order valence-corrected chi connectivity index (χ1v) is 10.8. The van der Waals surface area contributed by atoms with E-state index in [9.17, 15) is 4.79 Å². The highest BCUT2D eigenvalue weighted by atomic mass is 32.2. The quantitative estimate of drug-likeness (QED) is 0.220. The molecule has 31 heavy (non-hydrogen) atoms. The van der Waals surface area contributed by atoms with Crippen molar-refractivity contribution in [2.45, 2.75) is 18.7 Å². The Hall–Kier alpha value is -3.32. The molecule has 1 aromatic carbocycles. The smallest absolute Gasteiger partial charge is 0.315 e. The van der Waals surface area contributed by atoms with Crippen LogP contribution in [0.5, 0.6) is 5.75 Å².